The molecule has 0 aromatic heterocycles. The maximum atomic E-state index is 13.2. The number of hydrogen-bond donors (Lipinski definition) is 0. The summed E-state index contributed by atoms with van der Waals surface area (Å²) in [6.45, 7) is 5.31. The lowest BCUT2D eigenvalue weighted by Crippen LogP contribution is -2.37. The zero-order valence-electron chi connectivity index (χ0n) is 14.4. The Morgan fingerprint density at radius 3 is 2.58 bits per heavy atom. The van der Waals surface area contributed by atoms with Gasteiger partial charge in [-0.05, 0) is 62.5 Å². The Bertz CT molecular complexity index is 543. The molecule has 0 aliphatic carbocycles. The van der Waals surface area contributed by atoms with E-state index in [0.717, 1.165) is 31.6 Å². The zero-order valence-corrected chi connectivity index (χ0v) is 14.4. The third-order valence-corrected chi connectivity index (χ3v) is 5.26. The Morgan fingerprint density at radius 1 is 1.21 bits per heavy atom. The molecule has 0 radical (unpaired) electrons. The van der Waals surface area contributed by atoms with E-state index in [1.807, 2.05) is 0 Å². The zero-order chi connectivity index (χ0) is 16.9. The summed E-state index contributed by atoms with van der Waals surface area (Å²) in [7, 11) is 1.42. The van der Waals surface area contributed by atoms with E-state index in [-0.39, 0.29) is 11.8 Å². The maximum Gasteiger partial charge on any atom is 0.327 e. The summed E-state index contributed by atoms with van der Waals surface area (Å²) in [6.07, 6.45) is 5.06. The number of esters is 1. The molecule has 0 spiro atoms. The van der Waals surface area contributed by atoms with Crippen molar-refractivity contribution in [2.24, 2.45) is 5.92 Å². The van der Waals surface area contributed by atoms with Gasteiger partial charge in [0.2, 0.25) is 0 Å². The van der Waals surface area contributed by atoms with Gasteiger partial charge in [-0.3, -0.25) is 4.90 Å². The van der Waals surface area contributed by atoms with Gasteiger partial charge in [0.1, 0.15) is 11.9 Å². The molecule has 2 fully saturated rings. The minimum atomic E-state index is -0.429. The number of carbonyl (C=O) groups is 1. The number of carbonyl (C=O) groups excluding carboxylic acids is 1. The minimum Gasteiger partial charge on any atom is -0.468 e. The van der Waals surface area contributed by atoms with Crippen LogP contribution in [0.1, 0.15) is 37.3 Å². The van der Waals surface area contributed by atoms with E-state index >= 15 is 0 Å². The summed E-state index contributed by atoms with van der Waals surface area (Å²) in [6, 6.07) is 5.77. The van der Waals surface area contributed by atoms with E-state index in [0.29, 0.717) is 5.92 Å². The fourth-order valence-electron chi connectivity index (χ4n) is 4.01. The van der Waals surface area contributed by atoms with Crippen LogP contribution in [0.2, 0.25) is 0 Å². The fourth-order valence-corrected chi connectivity index (χ4v) is 4.01. The van der Waals surface area contributed by atoms with Crippen molar-refractivity contribution in [1.29, 1.82) is 0 Å². The Balaban J connectivity index is 1.65. The van der Waals surface area contributed by atoms with Gasteiger partial charge in [-0.15, -0.1) is 0 Å². The third-order valence-electron chi connectivity index (χ3n) is 5.26. The standard InChI is InChI=1S/C19H27FN2O2/c1-24-19(23)18(16-5-7-17(20)8-6-16)22-12-9-15(14-22)13-21-10-3-2-4-11-21/h5-8,15,18H,2-4,9-14H2,1H3/t15-,18-/m1/s1. The second-order valence-corrected chi connectivity index (χ2v) is 6.99. The van der Waals surface area contributed by atoms with Gasteiger partial charge in [-0.2, -0.15) is 0 Å². The second kappa shape index (κ2) is 8.08. The van der Waals surface area contributed by atoms with E-state index < -0.39 is 6.04 Å². The highest BCUT2D eigenvalue weighted by Crippen LogP contribution is 2.29. The summed E-state index contributed by atoms with van der Waals surface area (Å²) in [5, 5.41) is 0. The molecule has 2 aliphatic rings. The predicted octanol–water partition coefficient (Wildman–Crippen LogP) is 2.85. The molecule has 2 aliphatic heterocycles. The lowest BCUT2D eigenvalue weighted by Gasteiger charge is -2.30. The van der Waals surface area contributed by atoms with Crippen LogP contribution in [-0.2, 0) is 9.53 Å². The average molecular weight is 334 g/mol. The number of ether oxygens (including phenoxy) is 1. The van der Waals surface area contributed by atoms with Crippen LogP contribution in [0.25, 0.3) is 0 Å². The van der Waals surface area contributed by atoms with Gasteiger partial charge >= 0.3 is 5.97 Å². The first kappa shape index (κ1) is 17.4. The van der Waals surface area contributed by atoms with Crippen LogP contribution in [-0.4, -0.2) is 55.6 Å². The molecular formula is C19H27FN2O2. The van der Waals surface area contributed by atoms with Crippen molar-refractivity contribution in [3.8, 4) is 0 Å². The minimum absolute atomic E-state index is 0.264. The first-order chi connectivity index (χ1) is 11.7. The molecule has 3 rings (SSSR count). The summed E-state index contributed by atoms with van der Waals surface area (Å²) < 4.78 is 18.2. The van der Waals surface area contributed by atoms with Crippen LogP contribution >= 0.6 is 0 Å². The molecule has 0 unspecified atom stereocenters. The molecular weight excluding hydrogens is 307 g/mol. The van der Waals surface area contributed by atoms with Crippen molar-refractivity contribution in [2.75, 3.05) is 39.8 Å². The largest absolute Gasteiger partial charge is 0.468 e. The SMILES string of the molecule is COC(=O)[C@@H](c1ccc(F)cc1)N1CC[C@H](CN2CCCCC2)C1. The van der Waals surface area contributed by atoms with Gasteiger partial charge in [0, 0.05) is 13.1 Å². The molecule has 132 valence electrons. The molecule has 2 atom stereocenters. The Morgan fingerprint density at radius 2 is 1.92 bits per heavy atom. The fraction of sp³-hybridized carbons (Fsp3) is 0.632. The first-order valence-electron chi connectivity index (χ1n) is 8.97. The second-order valence-electron chi connectivity index (χ2n) is 6.99. The highest BCUT2D eigenvalue weighted by Gasteiger charge is 2.34. The molecule has 0 N–H and O–H groups in total. The molecule has 2 heterocycles. The average Bonchev–Trinajstić information content (AvgIpc) is 3.05. The van der Waals surface area contributed by atoms with Crippen LogP contribution in [0.4, 0.5) is 4.39 Å². The first-order valence-corrected chi connectivity index (χ1v) is 8.97. The van der Waals surface area contributed by atoms with Gasteiger partial charge in [0.15, 0.2) is 0 Å². The van der Waals surface area contributed by atoms with Crippen LogP contribution in [0.3, 0.4) is 0 Å². The number of halogens is 1. The predicted molar refractivity (Wildman–Crippen MR) is 91.1 cm³/mol. The number of benzene rings is 1. The quantitative estimate of drug-likeness (QED) is 0.775. The van der Waals surface area contributed by atoms with E-state index in [9.17, 15) is 9.18 Å². The summed E-state index contributed by atoms with van der Waals surface area (Å²) >= 11 is 0. The van der Waals surface area contributed by atoms with E-state index in [2.05, 4.69) is 9.80 Å². The number of piperidine rings is 1. The molecule has 1 aromatic carbocycles. The van der Waals surface area contributed by atoms with Crippen LogP contribution in [0, 0.1) is 11.7 Å². The number of likely N-dealkylation sites (tertiary alicyclic amines) is 2. The van der Waals surface area contributed by atoms with Gasteiger partial charge in [-0.1, -0.05) is 18.6 Å². The summed E-state index contributed by atoms with van der Waals surface area (Å²) in [4.78, 5) is 17.1. The topological polar surface area (TPSA) is 32.8 Å². The maximum absolute atomic E-state index is 13.2. The Labute approximate surface area is 143 Å². The number of rotatable bonds is 5. The van der Waals surface area contributed by atoms with Crippen molar-refractivity contribution >= 4 is 5.97 Å². The normalized spacial score (nSPS) is 24.0. The molecule has 2 saturated heterocycles. The van der Waals surface area contributed by atoms with Crippen molar-refractivity contribution in [1.82, 2.24) is 9.80 Å². The van der Waals surface area contributed by atoms with Crippen LogP contribution in [0.5, 0.6) is 0 Å². The van der Waals surface area contributed by atoms with Crippen molar-refractivity contribution in [3.05, 3.63) is 35.6 Å². The molecule has 1 aromatic rings. The van der Waals surface area contributed by atoms with Crippen LogP contribution < -0.4 is 0 Å². The van der Waals surface area contributed by atoms with Crippen molar-refractivity contribution in [2.45, 2.75) is 31.7 Å². The van der Waals surface area contributed by atoms with Gasteiger partial charge < -0.3 is 9.64 Å². The highest BCUT2D eigenvalue weighted by molar-refractivity contribution is 5.77. The van der Waals surface area contributed by atoms with Crippen molar-refractivity contribution < 1.29 is 13.9 Å². The van der Waals surface area contributed by atoms with E-state index in [4.69, 9.17) is 4.74 Å². The van der Waals surface area contributed by atoms with E-state index in [1.54, 1.807) is 12.1 Å². The molecule has 24 heavy (non-hydrogen) atoms. The van der Waals surface area contributed by atoms with Crippen LogP contribution in [0.15, 0.2) is 24.3 Å². The van der Waals surface area contributed by atoms with Crippen molar-refractivity contribution in [3.63, 3.8) is 0 Å². The van der Waals surface area contributed by atoms with Gasteiger partial charge in [0.05, 0.1) is 7.11 Å². The number of methoxy groups -OCH3 is 1. The monoisotopic (exact) mass is 334 g/mol. The van der Waals surface area contributed by atoms with Gasteiger partial charge in [0.25, 0.3) is 0 Å². The lowest BCUT2D eigenvalue weighted by atomic mass is 10.0. The van der Waals surface area contributed by atoms with E-state index in [1.165, 1.54) is 51.6 Å². The molecule has 5 heteroatoms. The smallest absolute Gasteiger partial charge is 0.327 e. The molecule has 0 amide bonds. The highest BCUT2D eigenvalue weighted by atomic mass is 19.1. The molecule has 0 saturated carbocycles. The third kappa shape index (κ3) is 4.14. The molecule has 0 bridgehead atoms. The molecule has 4 nitrogen and oxygen atoms in total. The number of nitrogens with zero attached hydrogens (tertiary/aromatic N) is 2. The number of hydrogen-bond acceptors (Lipinski definition) is 4. The van der Waals surface area contributed by atoms with Gasteiger partial charge in [-0.25, -0.2) is 9.18 Å². The summed E-state index contributed by atoms with van der Waals surface area (Å²) in [5.41, 5.74) is 0.807. The Kier molecular flexibility index (Phi) is 5.85. The Hall–Kier alpha value is -1.46. The summed E-state index contributed by atoms with van der Waals surface area (Å²) in [5.74, 6) is 0.0442. The lowest BCUT2D eigenvalue weighted by molar-refractivity contribution is -0.147.